The van der Waals surface area contributed by atoms with E-state index in [0.29, 0.717) is 0 Å². The Morgan fingerprint density at radius 3 is 2.03 bits per heavy atom. The molecule has 2 aromatic rings. The number of aliphatic imine (C=N–C) groups is 1. The first-order valence-corrected chi connectivity index (χ1v) is 13.4. The third-order valence-corrected chi connectivity index (χ3v) is 6.74. The normalized spacial score (nSPS) is 12.5. The molecule has 0 saturated heterocycles. The monoisotopic (exact) mass is 445 g/mol. The topological polar surface area (TPSA) is 12.4 Å². The Kier molecular flexibility index (Phi) is 11.6. The molecule has 0 bridgehead atoms. The van der Waals surface area contributed by atoms with Crippen LogP contribution in [0.2, 0.25) is 0 Å². The van der Waals surface area contributed by atoms with Crippen molar-refractivity contribution in [3.63, 3.8) is 0 Å². The molecular weight excluding hydrogens is 398 g/mol. The summed E-state index contributed by atoms with van der Waals surface area (Å²) in [5.74, 6) is 0. The molecule has 0 aliphatic heterocycles. The Balaban J connectivity index is 2.38. The average molecular weight is 446 g/mol. The summed E-state index contributed by atoms with van der Waals surface area (Å²) in [6, 6.07) is 11.6. The van der Waals surface area contributed by atoms with Crippen LogP contribution in [0.25, 0.3) is 6.08 Å². The van der Waals surface area contributed by atoms with Gasteiger partial charge in [-0.3, -0.25) is 4.99 Å². The minimum absolute atomic E-state index is 0.942. The van der Waals surface area contributed by atoms with Gasteiger partial charge < -0.3 is 0 Å². The second-order valence-corrected chi connectivity index (χ2v) is 9.64. The van der Waals surface area contributed by atoms with Crippen molar-refractivity contribution in [2.45, 2.75) is 113 Å². The van der Waals surface area contributed by atoms with E-state index >= 15 is 0 Å². The van der Waals surface area contributed by atoms with Gasteiger partial charge in [-0.1, -0.05) is 71.2 Å². The molecule has 0 radical (unpaired) electrons. The molecule has 0 spiro atoms. The summed E-state index contributed by atoms with van der Waals surface area (Å²) in [5.41, 5.74) is 12.2. The van der Waals surface area contributed by atoms with E-state index in [2.05, 4.69) is 84.9 Å². The molecule has 0 fully saturated rings. The lowest BCUT2D eigenvalue weighted by Crippen LogP contribution is -2.01. The SMILES string of the molecule is CCCCc1cc(C=C(C)C(CC)=Nc2cc(C)c(CCCC)c(CCCC)c2)ccc1C. The predicted molar refractivity (Wildman–Crippen MR) is 149 cm³/mol. The van der Waals surface area contributed by atoms with Crippen LogP contribution in [0.15, 0.2) is 40.9 Å². The van der Waals surface area contributed by atoms with Crippen molar-refractivity contribution in [1.82, 2.24) is 0 Å². The molecule has 1 nitrogen and oxygen atoms in total. The Labute approximate surface area is 204 Å². The summed E-state index contributed by atoms with van der Waals surface area (Å²) in [6.07, 6.45) is 14.3. The maximum atomic E-state index is 5.16. The van der Waals surface area contributed by atoms with Crippen molar-refractivity contribution in [1.29, 1.82) is 0 Å². The second kappa shape index (κ2) is 14.2. The summed E-state index contributed by atoms with van der Waals surface area (Å²) in [4.78, 5) is 5.16. The lowest BCUT2D eigenvalue weighted by molar-refractivity contribution is 0.755. The smallest absolute Gasteiger partial charge is 0.0638 e. The molecule has 0 unspecified atom stereocenters. The van der Waals surface area contributed by atoms with Crippen molar-refractivity contribution >= 4 is 17.5 Å². The lowest BCUT2D eigenvalue weighted by atomic mass is 9.93. The highest BCUT2D eigenvalue weighted by molar-refractivity contribution is 6.04. The highest BCUT2D eigenvalue weighted by atomic mass is 14.7. The number of nitrogens with zero attached hydrogens (tertiary/aromatic N) is 1. The van der Waals surface area contributed by atoms with Crippen molar-refractivity contribution in [2.24, 2.45) is 4.99 Å². The van der Waals surface area contributed by atoms with E-state index in [1.807, 2.05) is 0 Å². The molecule has 0 atom stereocenters. The lowest BCUT2D eigenvalue weighted by Gasteiger charge is -2.15. The van der Waals surface area contributed by atoms with Crippen LogP contribution < -0.4 is 0 Å². The summed E-state index contributed by atoms with van der Waals surface area (Å²) in [6.45, 7) is 15.8. The molecular formula is C32H47N. The number of rotatable bonds is 13. The van der Waals surface area contributed by atoms with E-state index in [4.69, 9.17) is 4.99 Å². The minimum Gasteiger partial charge on any atom is -0.253 e. The molecule has 0 aliphatic carbocycles. The van der Waals surface area contributed by atoms with E-state index in [-0.39, 0.29) is 0 Å². The molecule has 0 amide bonds. The molecule has 0 saturated carbocycles. The quantitative estimate of drug-likeness (QED) is 0.272. The van der Waals surface area contributed by atoms with Gasteiger partial charge in [0.05, 0.1) is 5.69 Å². The highest BCUT2D eigenvalue weighted by Crippen LogP contribution is 2.27. The van der Waals surface area contributed by atoms with Crippen LogP contribution in [-0.4, -0.2) is 5.71 Å². The van der Waals surface area contributed by atoms with Gasteiger partial charge in [0.25, 0.3) is 0 Å². The van der Waals surface area contributed by atoms with Gasteiger partial charge >= 0.3 is 0 Å². The van der Waals surface area contributed by atoms with Crippen LogP contribution in [-0.2, 0) is 19.3 Å². The molecule has 180 valence electrons. The van der Waals surface area contributed by atoms with Crippen molar-refractivity contribution in [3.05, 3.63) is 69.3 Å². The van der Waals surface area contributed by atoms with Crippen LogP contribution in [0, 0.1) is 13.8 Å². The zero-order valence-electron chi connectivity index (χ0n) is 22.5. The number of benzene rings is 2. The fourth-order valence-electron chi connectivity index (χ4n) is 4.59. The van der Waals surface area contributed by atoms with Gasteiger partial charge in [0.2, 0.25) is 0 Å². The number of hydrogen-bond acceptors (Lipinski definition) is 1. The van der Waals surface area contributed by atoms with E-state index in [1.54, 1.807) is 5.56 Å². The summed E-state index contributed by atoms with van der Waals surface area (Å²) in [7, 11) is 0. The minimum atomic E-state index is 0.942. The zero-order valence-corrected chi connectivity index (χ0v) is 22.5. The van der Waals surface area contributed by atoms with E-state index in [0.717, 1.165) is 12.1 Å². The van der Waals surface area contributed by atoms with Crippen molar-refractivity contribution in [3.8, 4) is 0 Å². The largest absolute Gasteiger partial charge is 0.253 e. The number of allylic oxidation sites excluding steroid dienone is 1. The molecule has 0 aliphatic rings. The number of hydrogen-bond donors (Lipinski definition) is 0. The maximum Gasteiger partial charge on any atom is 0.0638 e. The van der Waals surface area contributed by atoms with Gasteiger partial charge in [-0.2, -0.15) is 0 Å². The maximum absolute atomic E-state index is 5.16. The second-order valence-electron chi connectivity index (χ2n) is 9.64. The highest BCUT2D eigenvalue weighted by Gasteiger charge is 2.10. The van der Waals surface area contributed by atoms with Gasteiger partial charge in [-0.05, 0) is 117 Å². The molecule has 1 heteroatoms. The molecule has 2 rings (SSSR count). The van der Waals surface area contributed by atoms with E-state index in [1.165, 1.54) is 96.9 Å². The van der Waals surface area contributed by atoms with Crippen LogP contribution in [0.4, 0.5) is 5.69 Å². The van der Waals surface area contributed by atoms with Crippen molar-refractivity contribution < 1.29 is 0 Å². The summed E-state index contributed by atoms with van der Waals surface area (Å²) >= 11 is 0. The van der Waals surface area contributed by atoms with Gasteiger partial charge in [-0.25, -0.2) is 0 Å². The predicted octanol–water partition coefficient (Wildman–Crippen LogP) is 9.92. The number of aryl methyl sites for hydroxylation is 4. The number of unbranched alkanes of at least 4 members (excludes halogenated alkanes) is 3. The first-order valence-electron chi connectivity index (χ1n) is 13.4. The average Bonchev–Trinajstić information content (AvgIpc) is 2.80. The molecule has 0 N–H and O–H groups in total. The molecule has 2 aromatic carbocycles. The van der Waals surface area contributed by atoms with Gasteiger partial charge in [0.15, 0.2) is 0 Å². The van der Waals surface area contributed by atoms with E-state index in [9.17, 15) is 0 Å². The fraction of sp³-hybridized carbons (Fsp3) is 0.531. The molecule has 0 heterocycles. The van der Waals surface area contributed by atoms with Crippen LogP contribution in [0.1, 0.15) is 113 Å². The Hall–Kier alpha value is -2.15. The first kappa shape index (κ1) is 27.1. The third-order valence-electron chi connectivity index (χ3n) is 6.74. The van der Waals surface area contributed by atoms with Crippen LogP contribution >= 0.6 is 0 Å². The molecule has 33 heavy (non-hydrogen) atoms. The standard InChI is InChI=1S/C32H47N/c1-8-12-15-28-22-27(19-18-24(28)5)20-26(7)32(11-4)33-30-21-25(6)31(17-14-10-3)29(23-30)16-13-9-2/h18-23H,8-17H2,1-7H3. The summed E-state index contributed by atoms with van der Waals surface area (Å²) < 4.78 is 0. The first-order chi connectivity index (χ1) is 15.9. The molecule has 0 aromatic heterocycles. The third kappa shape index (κ3) is 8.29. The fourth-order valence-corrected chi connectivity index (χ4v) is 4.59. The van der Waals surface area contributed by atoms with E-state index < -0.39 is 0 Å². The Morgan fingerprint density at radius 1 is 0.758 bits per heavy atom. The van der Waals surface area contributed by atoms with Crippen LogP contribution in [0.3, 0.4) is 0 Å². The van der Waals surface area contributed by atoms with Crippen LogP contribution in [0.5, 0.6) is 0 Å². The Morgan fingerprint density at radius 2 is 1.39 bits per heavy atom. The Bertz CT molecular complexity index is 945. The van der Waals surface area contributed by atoms with Gasteiger partial charge in [0.1, 0.15) is 0 Å². The zero-order chi connectivity index (χ0) is 24.2. The van der Waals surface area contributed by atoms with Crippen molar-refractivity contribution in [2.75, 3.05) is 0 Å². The van der Waals surface area contributed by atoms with Gasteiger partial charge in [-0.15, -0.1) is 0 Å². The van der Waals surface area contributed by atoms with Gasteiger partial charge in [0, 0.05) is 5.71 Å². The summed E-state index contributed by atoms with van der Waals surface area (Å²) in [5, 5.41) is 0.